The summed E-state index contributed by atoms with van der Waals surface area (Å²) < 4.78 is 1.10. The van der Waals surface area contributed by atoms with Crippen LogP contribution in [0.3, 0.4) is 0 Å². The van der Waals surface area contributed by atoms with Gasteiger partial charge in [-0.3, -0.25) is 9.69 Å². The number of hydrogen-bond acceptors (Lipinski definition) is 2. The SMILES string of the molecule is O=C1c2ccccc2NC(c2ccc(Cl)cc2Cl)N1c1ccc(I)cc1. The average molecular weight is 495 g/mol. The fourth-order valence-corrected chi connectivity index (χ4v) is 3.93. The number of hydrogen-bond donors (Lipinski definition) is 1. The second-order valence-corrected chi connectivity index (χ2v) is 8.00. The van der Waals surface area contributed by atoms with E-state index in [1.165, 1.54) is 0 Å². The summed E-state index contributed by atoms with van der Waals surface area (Å²) >= 11 is 14.7. The van der Waals surface area contributed by atoms with Gasteiger partial charge >= 0.3 is 0 Å². The van der Waals surface area contributed by atoms with Gasteiger partial charge in [0.25, 0.3) is 5.91 Å². The van der Waals surface area contributed by atoms with Crippen molar-refractivity contribution in [2.45, 2.75) is 6.17 Å². The highest BCUT2D eigenvalue weighted by atomic mass is 127. The highest BCUT2D eigenvalue weighted by Crippen LogP contribution is 2.39. The Kier molecular flexibility index (Phi) is 4.82. The molecule has 3 nitrogen and oxygen atoms in total. The van der Waals surface area contributed by atoms with Crippen LogP contribution in [0, 0.1) is 3.57 Å². The van der Waals surface area contributed by atoms with Gasteiger partial charge in [0.2, 0.25) is 0 Å². The number of halogens is 3. The van der Waals surface area contributed by atoms with Crippen molar-refractivity contribution < 1.29 is 4.79 Å². The Balaban J connectivity index is 1.88. The summed E-state index contributed by atoms with van der Waals surface area (Å²) in [6.07, 6.45) is -0.428. The monoisotopic (exact) mass is 494 g/mol. The summed E-state index contributed by atoms with van der Waals surface area (Å²) in [6, 6.07) is 20.6. The van der Waals surface area contributed by atoms with E-state index in [1.54, 1.807) is 17.0 Å². The number of nitrogens with zero attached hydrogens (tertiary/aromatic N) is 1. The van der Waals surface area contributed by atoms with Crippen LogP contribution in [0.15, 0.2) is 66.7 Å². The first kappa shape index (κ1) is 17.6. The van der Waals surface area contributed by atoms with E-state index in [0.717, 1.165) is 20.5 Å². The Morgan fingerprint density at radius 2 is 1.69 bits per heavy atom. The van der Waals surface area contributed by atoms with Crippen molar-refractivity contribution in [1.29, 1.82) is 0 Å². The predicted molar refractivity (Wildman–Crippen MR) is 115 cm³/mol. The van der Waals surface area contributed by atoms with Crippen molar-refractivity contribution in [3.05, 3.63) is 91.5 Å². The Labute approximate surface area is 175 Å². The van der Waals surface area contributed by atoms with Crippen LogP contribution in [0.5, 0.6) is 0 Å². The van der Waals surface area contributed by atoms with E-state index in [9.17, 15) is 4.79 Å². The number of para-hydroxylation sites is 1. The van der Waals surface area contributed by atoms with Crippen molar-refractivity contribution >= 4 is 63.1 Å². The van der Waals surface area contributed by atoms with Crippen LogP contribution in [0.1, 0.15) is 22.1 Å². The van der Waals surface area contributed by atoms with E-state index in [-0.39, 0.29) is 5.91 Å². The lowest BCUT2D eigenvalue weighted by atomic mass is 10.0. The molecule has 1 heterocycles. The van der Waals surface area contributed by atoms with Gasteiger partial charge in [0.05, 0.1) is 5.56 Å². The number of anilines is 2. The summed E-state index contributed by atoms with van der Waals surface area (Å²) in [5.74, 6) is -0.0726. The van der Waals surface area contributed by atoms with E-state index < -0.39 is 6.17 Å². The van der Waals surface area contributed by atoms with Crippen LogP contribution in [-0.4, -0.2) is 5.91 Å². The molecular weight excluding hydrogens is 482 g/mol. The molecular formula is C20H13Cl2IN2O. The fraction of sp³-hybridized carbons (Fsp3) is 0.0500. The summed E-state index contributed by atoms with van der Waals surface area (Å²) in [6.45, 7) is 0. The zero-order valence-electron chi connectivity index (χ0n) is 13.4. The first-order valence-electron chi connectivity index (χ1n) is 7.94. The largest absolute Gasteiger partial charge is 0.360 e. The maximum absolute atomic E-state index is 13.3. The average Bonchev–Trinajstić information content (AvgIpc) is 2.63. The van der Waals surface area contributed by atoms with Gasteiger partial charge in [-0.05, 0) is 71.1 Å². The quantitative estimate of drug-likeness (QED) is 0.420. The molecule has 0 saturated carbocycles. The van der Waals surface area contributed by atoms with Crippen molar-refractivity contribution in [1.82, 2.24) is 0 Å². The Hall–Kier alpha value is -1.76. The van der Waals surface area contributed by atoms with Gasteiger partial charge < -0.3 is 5.32 Å². The van der Waals surface area contributed by atoms with Crippen LogP contribution in [0.4, 0.5) is 11.4 Å². The summed E-state index contributed by atoms with van der Waals surface area (Å²) in [5, 5.41) is 4.51. The molecule has 0 spiro atoms. The first-order chi connectivity index (χ1) is 12.5. The lowest BCUT2D eigenvalue weighted by molar-refractivity contribution is 0.0975. The molecule has 4 rings (SSSR count). The third-order valence-corrected chi connectivity index (χ3v) is 5.57. The van der Waals surface area contributed by atoms with Gasteiger partial charge in [0.1, 0.15) is 6.17 Å². The fourth-order valence-electron chi connectivity index (χ4n) is 3.06. The number of carbonyl (C=O) groups excluding carboxylic acids is 1. The predicted octanol–water partition coefficient (Wildman–Crippen LogP) is 6.37. The van der Waals surface area contributed by atoms with Crippen LogP contribution in [0.2, 0.25) is 10.0 Å². The van der Waals surface area contributed by atoms with Crippen LogP contribution < -0.4 is 10.2 Å². The molecule has 0 saturated heterocycles. The number of rotatable bonds is 2. The van der Waals surface area contributed by atoms with Gasteiger partial charge in [-0.25, -0.2) is 0 Å². The molecule has 0 bridgehead atoms. The third kappa shape index (κ3) is 3.17. The zero-order chi connectivity index (χ0) is 18.3. The zero-order valence-corrected chi connectivity index (χ0v) is 17.1. The number of amides is 1. The number of benzene rings is 3. The molecule has 130 valence electrons. The first-order valence-corrected chi connectivity index (χ1v) is 9.78. The second-order valence-electron chi connectivity index (χ2n) is 5.91. The highest BCUT2D eigenvalue weighted by molar-refractivity contribution is 14.1. The lowest BCUT2D eigenvalue weighted by Gasteiger charge is -2.38. The molecule has 6 heteroatoms. The smallest absolute Gasteiger partial charge is 0.262 e. The molecule has 1 atom stereocenters. The maximum atomic E-state index is 13.3. The Bertz CT molecular complexity index is 991. The maximum Gasteiger partial charge on any atom is 0.262 e. The Morgan fingerprint density at radius 3 is 2.42 bits per heavy atom. The lowest BCUT2D eigenvalue weighted by Crippen LogP contribution is -2.43. The van der Waals surface area contributed by atoms with E-state index in [2.05, 4.69) is 27.9 Å². The van der Waals surface area contributed by atoms with Gasteiger partial charge in [-0.2, -0.15) is 0 Å². The molecule has 1 N–H and O–H groups in total. The molecule has 1 amide bonds. The number of fused-ring (bicyclic) bond motifs is 1. The second kappa shape index (κ2) is 7.10. The third-order valence-electron chi connectivity index (χ3n) is 4.29. The number of carbonyl (C=O) groups is 1. The van der Waals surface area contributed by atoms with Crippen LogP contribution >= 0.6 is 45.8 Å². The molecule has 0 fully saturated rings. The van der Waals surface area contributed by atoms with Crippen molar-refractivity contribution in [3.63, 3.8) is 0 Å². The summed E-state index contributed by atoms with van der Waals surface area (Å²) in [4.78, 5) is 15.0. The minimum atomic E-state index is -0.428. The van der Waals surface area contributed by atoms with Gasteiger partial charge in [0.15, 0.2) is 0 Å². The normalized spacial score (nSPS) is 16.2. The Morgan fingerprint density at radius 1 is 0.962 bits per heavy atom. The molecule has 1 aliphatic heterocycles. The van der Waals surface area contributed by atoms with Crippen molar-refractivity contribution in [3.8, 4) is 0 Å². The van der Waals surface area contributed by atoms with Gasteiger partial charge in [0, 0.05) is 30.6 Å². The standard InChI is InChI=1S/C20H13Cl2IN2O/c21-12-5-10-15(17(22)11-12)19-24-18-4-2-1-3-16(18)20(26)25(19)14-8-6-13(23)7-9-14/h1-11,19,24H. The summed E-state index contributed by atoms with van der Waals surface area (Å²) in [7, 11) is 0. The molecule has 26 heavy (non-hydrogen) atoms. The molecule has 1 unspecified atom stereocenters. The minimum Gasteiger partial charge on any atom is -0.360 e. The molecule has 0 aromatic heterocycles. The minimum absolute atomic E-state index is 0.0726. The molecule has 1 aliphatic rings. The topological polar surface area (TPSA) is 32.3 Å². The van der Waals surface area contributed by atoms with E-state index in [0.29, 0.717) is 15.6 Å². The van der Waals surface area contributed by atoms with Crippen LogP contribution in [0.25, 0.3) is 0 Å². The van der Waals surface area contributed by atoms with Crippen LogP contribution in [-0.2, 0) is 0 Å². The molecule has 3 aromatic rings. The van der Waals surface area contributed by atoms with Gasteiger partial charge in [-0.15, -0.1) is 0 Å². The van der Waals surface area contributed by atoms with Crippen molar-refractivity contribution in [2.75, 3.05) is 10.2 Å². The summed E-state index contributed by atoms with van der Waals surface area (Å²) in [5.41, 5.74) is 3.01. The van der Waals surface area contributed by atoms with E-state index in [4.69, 9.17) is 23.2 Å². The highest BCUT2D eigenvalue weighted by Gasteiger charge is 2.34. The van der Waals surface area contributed by atoms with Gasteiger partial charge in [-0.1, -0.05) is 41.4 Å². The van der Waals surface area contributed by atoms with Crippen molar-refractivity contribution in [2.24, 2.45) is 0 Å². The molecule has 0 aliphatic carbocycles. The van der Waals surface area contributed by atoms with E-state index >= 15 is 0 Å². The molecule has 3 aromatic carbocycles. The van der Waals surface area contributed by atoms with E-state index in [1.807, 2.05) is 54.6 Å². The molecule has 0 radical (unpaired) electrons. The number of nitrogens with one attached hydrogen (secondary N) is 1.